The van der Waals surface area contributed by atoms with Crippen molar-refractivity contribution in [1.82, 2.24) is 0 Å². The van der Waals surface area contributed by atoms with Crippen LogP contribution in [0.3, 0.4) is 0 Å². The second-order valence-corrected chi connectivity index (χ2v) is 6.77. The standard InChI is InChI=1S/C25H25FN2/c1-19(2)9-6-16-25(24-15-5-4-13-22(24)18-27)28-20(3)10-7-11-21-12-8-14-23(26)17-21/h4-6,8,12-17H,1,3,7,9-11H2,2H3/b16-6-,28-25?. The van der Waals surface area contributed by atoms with E-state index in [0.717, 1.165) is 41.7 Å². The van der Waals surface area contributed by atoms with Crippen LogP contribution in [-0.2, 0) is 6.42 Å². The van der Waals surface area contributed by atoms with E-state index in [4.69, 9.17) is 0 Å². The molecule has 0 aliphatic carbocycles. The van der Waals surface area contributed by atoms with Crippen LogP contribution in [0.25, 0.3) is 0 Å². The lowest BCUT2D eigenvalue weighted by Gasteiger charge is -2.07. The predicted octanol–water partition coefficient (Wildman–Crippen LogP) is 6.55. The summed E-state index contributed by atoms with van der Waals surface area (Å²) in [5, 5.41) is 9.41. The molecule has 2 rings (SSSR count). The number of hydrogen-bond acceptors (Lipinski definition) is 2. The summed E-state index contributed by atoms with van der Waals surface area (Å²) in [6.45, 7) is 9.95. The zero-order valence-electron chi connectivity index (χ0n) is 16.3. The first-order valence-corrected chi connectivity index (χ1v) is 9.31. The fourth-order valence-electron chi connectivity index (χ4n) is 2.78. The molecule has 2 nitrogen and oxygen atoms in total. The van der Waals surface area contributed by atoms with Crippen molar-refractivity contribution in [2.75, 3.05) is 0 Å². The summed E-state index contributed by atoms with van der Waals surface area (Å²) in [6, 6.07) is 16.3. The second-order valence-electron chi connectivity index (χ2n) is 6.77. The minimum Gasteiger partial charge on any atom is -0.253 e. The van der Waals surface area contributed by atoms with E-state index in [2.05, 4.69) is 24.2 Å². The number of nitriles is 1. The first-order valence-electron chi connectivity index (χ1n) is 9.31. The quantitative estimate of drug-likeness (QED) is 0.363. The number of nitrogens with zero attached hydrogens (tertiary/aromatic N) is 2. The van der Waals surface area contributed by atoms with Gasteiger partial charge in [-0.15, -0.1) is 0 Å². The number of halogens is 1. The van der Waals surface area contributed by atoms with Gasteiger partial charge in [0, 0.05) is 11.3 Å². The van der Waals surface area contributed by atoms with Gasteiger partial charge < -0.3 is 0 Å². The number of allylic oxidation sites excluding steroid dienone is 4. The molecular weight excluding hydrogens is 347 g/mol. The van der Waals surface area contributed by atoms with Gasteiger partial charge in [0.25, 0.3) is 0 Å². The van der Waals surface area contributed by atoms with E-state index >= 15 is 0 Å². The van der Waals surface area contributed by atoms with Gasteiger partial charge in [0.05, 0.1) is 17.3 Å². The Morgan fingerprint density at radius 3 is 2.68 bits per heavy atom. The molecule has 0 aromatic heterocycles. The fraction of sp³-hybridized carbons (Fsp3) is 0.200. The van der Waals surface area contributed by atoms with E-state index in [1.807, 2.05) is 43.3 Å². The average molecular weight is 372 g/mol. The molecular formula is C25H25FN2. The van der Waals surface area contributed by atoms with Gasteiger partial charge in [-0.2, -0.15) is 5.26 Å². The van der Waals surface area contributed by atoms with E-state index in [1.54, 1.807) is 18.2 Å². The highest BCUT2D eigenvalue weighted by Gasteiger charge is 2.07. The van der Waals surface area contributed by atoms with Crippen molar-refractivity contribution in [3.8, 4) is 6.07 Å². The lowest BCUT2D eigenvalue weighted by molar-refractivity contribution is 0.624. The Labute approximate surface area is 167 Å². The Morgan fingerprint density at radius 2 is 1.96 bits per heavy atom. The van der Waals surface area contributed by atoms with Crippen LogP contribution in [0.2, 0.25) is 0 Å². The van der Waals surface area contributed by atoms with Crippen LogP contribution in [0, 0.1) is 17.1 Å². The normalized spacial score (nSPS) is 11.4. The summed E-state index contributed by atoms with van der Waals surface area (Å²) >= 11 is 0. The van der Waals surface area contributed by atoms with Crippen LogP contribution in [-0.4, -0.2) is 5.71 Å². The summed E-state index contributed by atoms with van der Waals surface area (Å²) in [6.07, 6.45) is 6.96. The highest BCUT2D eigenvalue weighted by Crippen LogP contribution is 2.16. The van der Waals surface area contributed by atoms with E-state index < -0.39 is 0 Å². The Balaban J connectivity index is 2.13. The van der Waals surface area contributed by atoms with E-state index in [0.29, 0.717) is 17.7 Å². The minimum absolute atomic E-state index is 0.215. The van der Waals surface area contributed by atoms with Crippen molar-refractivity contribution in [1.29, 1.82) is 5.26 Å². The Hall–Kier alpha value is -3.25. The molecule has 0 saturated heterocycles. The molecule has 2 aromatic rings. The molecule has 0 fully saturated rings. The van der Waals surface area contributed by atoms with Crippen LogP contribution in [0.1, 0.15) is 42.9 Å². The molecule has 0 aliphatic heterocycles. The lowest BCUT2D eigenvalue weighted by Crippen LogP contribution is -2.01. The summed E-state index contributed by atoms with van der Waals surface area (Å²) in [5.41, 5.74) is 4.84. The molecule has 0 atom stereocenters. The molecule has 142 valence electrons. The zero-order chi connectivity index (χ0) is 20.4. The van der Waals surface area contributed by atoms with Gasteiger partial charge in [0.1, 0.15) is 5.82 Å². The van der Waals surface area contributed by atoms with Crippen LogP contribution in [0.5, 0.6) is 0 Å². The maximum atomic E-state index is 13.3. The van der Waals surface area contributed by atoms with Crippen molar-refractivity contribution in [2.45, 2.75) is 32.6 Å². The fourth-order valence-corrected chi connectivity index (χ4v) is 2.78. The SMILES string of the molecule is C=C(C)C/C=C\C(=NC(=C)CCCc1cccc(F)c1)c1ccccc1C#N. The molecule has 3 heteroatoms. The molecule has 0 saturated carbocycles. The number of benzene rings is 2. The predicted molar refractivity (Wildman–Crippen MR) is 115 cm³/mol. The van der Waals surface area contributed by atoms with Crippen LogP contribution in [0.4, 0.5) is 4.39 Å². The monoisotopic (exact) mass is 372 g/mol. The van der Waals surface area contributed by atoms with E-state index in [1.165, 1.54) is 6.07 Å². The van der Waals surface area contributed by atoms with Crippen LogP contribution < -0.4 is 0 Å². The van der Waals surface area contributed by atoms with Gasteiger partial charge in [-0.05, 0) is 62.4 Å². The van der Waals surface area contributed by atoms with Crippen molar-refractivity contribution in [3.63, 3.8) is 0 Å². The van der Waals surface area contributed by atoms with Crippen molar-refractivity contribution in [3.05, 3.63) is 108 Å². The summed E-state index contributed by atoms with van der Waals surface area (Å²) < 4.78 is 13.3. The highest BCUT2D eigenvalue weighted by molar-refractivity contribution is 6.10. The van der Waals surface area contributed by atoms with Crippen molar-refractivity contribution < 1.29 is 4.39 Å². The molecule has 0 N–H and O–H groups in total. The molecule has 0 aliphatic rings. The van der Waals surface area contributed by atoms with Crippen molar-refractivity contribution in [2.24, 2.45) is 4.99 Å². The van der Waals surface area contributed by atoms with E-state index in [-0.39, 0.29) is 5.82 Å². The Bertz CT molecular complexity index is 945. The number of aliphatic imine (C=N–C) groups is 1. The summed E-state index contributed by atoms with van der Waals surface area (Å²) in [4.78, 5) is 4.68. The third-order valence-corrected chi connectivity index (χ3v) is 4.16. The number of hydrogen-bond donors (Lipinski definition) is 0. The van der Waals surface area contributed by atoms with Crippen molar-refractivity contribution >= 4 is 5.71 Å². The average Bonchev–Trinajstić information content (AvgIpc) is 2.67. The summed E-state index contributed by atoms with van der Waals surface area (Å²) in [5.74, 6) is -0.215. The molecule has 0 spiro atoms. The second kappa shape index (κ2) is 10.8. The van der Waals surface area contributed by atoms with Gasteiger partial charge >= 0.3 is 0 Å². The lowest BCUT2D eigenvalue weighted by atomic mass is 10.0. The molecule has 28 heavy (non-hydrogen) atoms. The largest absolute Gasteiger partial charge is 0.253 e. The molecule has 2 aromatic carbocycles. The highest BCUT2D eigenvalue weighted by atomic mass is 19.1. The van der Waals surface area contributed by atoms with Gasteiger partial charge in [-0.3, -0.25) is 4.99 Å². The smallest absolute Gasteiger partial charge is 0.123 e. The first-order chi connectivity index (χ1) is 13.5. The van der Waals surface area contributed by atoms with Crippen LogP contribution in [0.15, 0.2) is 90.1 Å². The zero-order valence-corrected chi connectivity index (χ0v) is 16.3. The van der Waals surface area contributed by atoms with Gasteiger partial charge in [-0.25, -0.2) is 4.39 Å². The van der Waals surface area contributed by atoms with E-state index in [9.17, 15) is 9.65 Å². The maximum Gasteiger partial charge on any atom is 0.123 e. The Morgan fingerprint density at radius 1 is 1.18 bits per heavy atom. The number of rotatable bonds is 9. The van der Waals surface area contributed by atoms with Gasteiger partial charge in [0.2, 0.25) is 0 Å². The first kappa shape index (κ1) is 21.1. The number of aryl methyl sites for hydroxylation is 1. The maximum absolute atomic E-state index is 13.3. The molecule has 0 unspecified atom stereocenters. The Kier molecular flexibility index (Phi) is 8.11. The third kappa shape index (κ3) is 6.81. The molecule has 0 heterocycles. The topological polar surface area (TPSA) is 36.1 Å². The molecule has 0 bridgehead atoms. The molecule has 0 amide bonds. The van der Waals surface area contributed by atoms with Gasteiger partial charge in [0.15, 0.2) is 0 Å². The third-order valence-electron chi connectivity index (χ3n) is 4.16. The molecule has 0 radical (unpaired) electrons. The minimum atomic E-state index is -0.215. The van der Waals surface area contributed by atoms with Gasteiger partial charge in [-0.1, -0.05) is 55.1 Å². The summed E-state index contributed by atoms with van der Waals surface area (Å²) in [7, 11) is 0. The van der Waals surface area contributed by atoms with Crippen LogP contribution >= 0.6 is 0 Å².